The van der Waals surface area contributed by atoms with E-state index in [-0.39, 0.29) is 5.12 Å². The summed E-state index contributed by atoms with van der Waals surface area (Å²) >= 11 is 12.0. The predicted octanol–water partition coefficient (Wildman–Crippen LogP) is 3.41. The molecule has 2 rings (SSSR count). The van der Waals surface area contributed by atoms with Gasteiger partial charge in [-0.2, -0.15) is 0 Å². The van der Waals surface area contributed by atoms with Crippen LogP contribution in [0.1, 0.15) is 10.4 Å². The van der Waals surface area contributed by atoms with Crippen LogP contribution < -0.4 is 3.71 Å². The molecule has 0 atom stereocenters. The highest BCUT2D eigenvalue weighted by atomic mass is 32.2. The van der Waals surface area contributed by atoms with Gasteiger partial charge < -0.3 is 0 Å². The molecule has 0 aliphatic carbocycles. The minimum atomic E-state index is -0.297. The van der Waals surface area contributed by atoms with Gasteiger partial charge in [0.2, 0.25) is 5.12 Å². The number of nitrogens with zero attached hydrogens (tertiary/aromatic N) is 1. The topological polar surface area (TPSA) is 20.3 Å². The summed E-state index contributed by atoms with van der Waals surface area (Å²) in [5.41, 5.74) is 1.12. The summed E-state index contributed by atoms with van der Waals surface area (Å²) in [6.07, 6.45) is 0. The Morgan fingerprint density at radius 3 is 2.12 bits per heavy atom. The number of hydrogen-bond donors (Lipinski definition) is 3. The molecule has 0 aliphatic heterocycles. The first-order valence-corrected chi connectivity index (χ1v) is 5.78. The molecule has 0 amide bonds. The molecular formula is C11H9NOS3. The monoisotopic (exact) mass is 267 g/mol. The number of rotatable bonds is 2. The van der Waals surface area contributed by atoms with Gasteiger partial charge in [0.15, 0.2) is 0 Å². The van der Waals surface area contributed by atoms with E-state index in [1.165, 1.54) is 3.71 Å². The number of carbonyl (C=O) groups excluding carboxylic acids is 1. The van der Waals surface area contributed by atoms with Crippen LogP contribution in [0.25, 0.3) is 10.8 Å². The lowest BCUT2D eigenvalue weighted by Crippen LogP contribution is -2.01. The molecule has 0 unspecified atom stereocenters. The van der Waals surface area contributed by atoms with Crippen molar-refractivity contribution in [3.05, 3.63) is 42.0 Å². The van der Waals surface area contributed by atoms with Crippen molar-refractivity contribution in [2.45, 2.75) is 0 Å². The van der Waals surface area contributed by atoms with Crippen molar-refractivity contribution in [1.29, 1.82) is 0 Å². The largest absolute Gasteiger partial charge is 0.282 e. The fraction of sp³-hybridized carbons (Fsp3) is 0. The van der Waals surface area contributed by atoms with Gasteiger partial charge in [0, 0.05) is 0 Å². The van der Waals surface area contributed by atoms with Gasteiger partial charge in [-0.05, 0) is 22.9 Å². The maximum absolute atomic E-state index is 11.4. The SMILES string of the molecule is O=C(S)c1cc2ccccc2cc1N(S)S. The number of carbonyl (C=O) groups is 1. The molecular weight excluding hydrogens is 258 g/mol. The Kier molecular flexibility index (Phi) is 3.37. The lowest BCUT2D eigenvalue weighted by Gasteiger charge is -2.14. The third-order valence-electron chi connectivity index (χ3n) is 2.31. The van der Waals surface area contributed by atoms with Crippen LogP contribution in [0.4, 0.5) is 5.69 Å². The van der Waals surface area contributed by atoms with E-state index in [0.717, 1.165) is 10.8 Å². The van der Waals surface area contributed by atoms with Crippen molar-refractivity contribution in [2.75, 3.05) is 3.71 Å². The zero-order chi connectivity index (χ0) is 11.7. The zero-order valence-corrected chi connectivity index (χ0v) is 10.8. The van der Waals surface area contributed by atoms with Crippen LogP contribution in [-0.4, -0.2) is 5.12 Å². The first-order valence-electron chi connectivity index (χ1n) is 4.53. The van der Waals surface area contributed by atoms with E-state index < -0.39 is 0 Å². The van der Waals surface area contributed by atoms with Gasteiger partial charge in [-0.3, -0.25) is 8.51 Å². The first kappa shape index (κ1) is 11.7. The lowest BCUT2D eigenvalue weighted by molar-refractivity contribution is 0.109. The minimum Gasteiger partial charge on any atom is -0.282 e. The van der Waals surface area contributed by atoms with E-state index in [1.54, 1.807) is 6.07 Å². The third-order valence-corrected chi connectivity index (χ3v) is 2.98. The number of thiol groups is 3. The maximum atomic E-state index is 11.4. The normalized spacial score (nSPS) is 10.4. The van der Waals surface area contributed by atoms with Crippen LogP contribution in [0.5, 0.6) is 0 Å². The summed E-state index contributed by atoms with van der Waals surface area (Å²) in [6, 6.07) is 11.4. The molecule has 0 fully saturated rings. The number of hydrogen-bond acceptors (Lipinski definition) is 4. The molecule has 16 heavy (non-hydrogen) atoms. The Morgan fingerprint density at radius 2 is 1.62 bits per heavy atom. The van der Waals surface area contributed by atoms with Gasteiger partial charge >= 0.3 is 0 Å². The van der Waals surface area contributed by atoms with Crippen LogP contribution >= 0.6 is 38.3 Å². The van der Waals surface area contributed by atoms with Crippen molar-refractivity contribution in [1.82, 2.24) is 0 Å². The summed E-state index contributed by atoms with van der Waals surface area (Å²) < 4.78 is 1.32. The molecule has 0 spiro atoms. The van der Waals surface area contributed by atoms with E-state index in [0.29, 0.717) is 11.3 Å². The molecule has 0 bridgehead atoms. The molecule has 0 N–H and O–H groups in total. The van der Waals surface area contributed by atoms with Crippen LogP contribution in [0.15, 0.2) is 36.4 Å². The summed E-state index contributed by atoms with van der Waals surface area (Å²) in [5, 5.41) is 1.73. The molecule has 0 aromatic heterocycles. The summed E-state index contributed by atoms with van der Waals surface area (Å²) in [5.74, 6) is 0. The second-order valence-corrected chi connectivity index (χ2v) is 4.83. The Hall–Kier alpha value is -0.780. The molecule has 0 radical (unpaired) electrons. The second kappa shape index (κ2) is 4.61. The van der Waals surface area contributed by atoms with Crippen LogP contribution in [0.3, 0.4) is 0 Å². The number of anilines is 1. The quantitative estimate of drug-likeness (QED) is 0.725. The van der Waals surface area contributed by atoms with Crippen molar-refractivity contribution in [3.8, 4) is 0 Å². The van der Waals surface area contributed by atoms with Crippen molar-refractivity contribution in [2.24, 2.45) is 0 Å². The number of fused-ring (bicyclic) bond motifs is 1. The van der Waals surface area contributed by atoms with Gasteiger partial charge in [0.05, 0.1) is 11.3 Å². The Balaban J connectivity index is 2.76. The molecule has 5 heteroatoms. The molecule has 0 aliphatic rings. The Labute approximate surface area is 110 Å². The molecule has 82 valence electrons. The van der Waals surface area contributed by atoms with Crippen LogP contribution in [0, 0.1) is 0 Å². The lowest BCUT2D eigenvalue weighted by atomic mass is 10.1. The third kappa shape index (κ3) is 2.16. The van der Waals surface area contributed by atoms with Crippen molar-refractivity contribution >= 4 is 59.8 Å². The van der Waals surface area contributed by atoms with Gasteiger partial charge in [-0.1, -0.05) is 49.9 Å². The average Bonchev–Trinajstić information content (AvgIpc) is 2.27. The van der Waals surface area contributed by atoms with Crippen molar-refractivity contribution < 1.29 is 4.79 Å². The fourth-order valence-electron chi connectivity index (χ4n) is 1.57. The fourth-order valence-corrected chi connectivity index (χ4v) is 2.08. The Morgan fingerprint density at radius 1 is 1.06 bits per heavy atom. The predicted molar refractivity (Wildman–Crippen MR) is 77.7 cm³/mol. The number of benzene rings is 2. The molecule has 0 saturated heterocycles. The highest BCUT2D eigenvalue weighted by molar-refractivity contribution is 8.00. The van der Waals surface area contributed by atoms with Crippen LogP contribution in [-0.2, 0) is 0 Å². The summed E-state index contributed by atoms with van der Waals surface area (Å²) in [6.45, 7) is 0. The smallest absolute Gasteiger partial charge is 0.218 e. The maximum Gasteiger partial charge on any atom is 0.218 e. The van der Waals surface area contributed by atoms with E-state index in [2.05, 4.69) is 38.3 Å². The average molecular weight is 267 g/mol. The van der Waals surface area contributed by atoms with Gasteiger partial charge in [-0.15, -0.1) is 12.6 Å². The Bertz CT molecular complexity index is 554. The van der Waals surface area contributed by atoms with E-state index in [4.69, 9.17) is 0 Å². The molecule has 0 heterocycles. The highest BCUT2D eigenvalue weighted by Gasteiger charge is 2.12. The van der Waals surface area contributed by atoms with Gasteiger partial charge in [-0.25, -0.2) is 0 Å². The second-order valence-electron chi connectivity index (χ2n) is 3.31. The highest BCUT2D eigenvalue weighted by Crippen LogP contribution is 2.30. The van der Waals surface area contributed by atoms with Gasteiger partial charge in [0.1, 0.15) is 0 Å². The van der Waals surface area contributed by atoms with E-state index in [9.17, 15) is 4.79 Å². The van der Waals surface area contributed by atoms with E-state index >= 15 is 0 Å². The van der Waals surface area contributed by atoms with Gasteiger partial charge in [0.25, 0.3) is 0 Å². The molecule has 2 aromatic rings. The minimum absolute atomic E-state index is 0.297. The van der Waals surface area contributed by atoms with E-state index in [1.807, 2.05) is 30.3 Å². The van der Waals surface area contributed by atoms with Crippen molar-refractivity contribution in [3.63, 3.8) is 0 Å². The van der Waals surface area contributed by atoms with Crippen LogP contribution in [0.2, 0.25) is 0 Å². The molecule has 2 nitrogen and oxygen atoms in total. The first-order chi connectivity index (χ1) is 7.59. The standard InChI is InChI=1S/C11H9NOS3/c13-11(14)9-5-7-3-1-2-4-8(7)6-10(9)12(15)16/h1-6,15-16H,(H,13,14). The molecule has 2 aromatic carbocycles. The molecule has 0 saturated carbocycles. The zero-order valence-electron chi connectivity index (χ0n) is 8.16. The summed E-state index contributed by atoms with van der Waals surface area (Å²) in [4.78, 5) is 11.4. The summed E-state index contributed by atoms with van der Waals surface area (Å²) in [7, 11) is 0.